The third-order valence-electron chi connectivity index (χ3n) is 6.77. The van der Waals surface area contributed by atoms with Gasteiger partial charge in [0.1, 0.15) is 5.82 Å². The predicted molar refractivity (Wildman–Crippen MR) is 140 cm³/mol. The van der Waals surface area contributed by atoms with E-state index in [1.54, 1.807) is 41.0 Å². The number of halogens is 1. The summed E-state index contributed by atoms with van der Waals surface area (Å²) in [5, 5.41) is 12.9. The zero-order valence-corrected chi connectivity index (χ0v) is 21.4. The van der Waals surface area contributed by atoms with E-state index in [4.69, 9.17) is 0 Å². The molecule has 0 spiro atoms. The van der Waals surface area contributed by atoms with Crippen LogP contribution in [0.15, 0.2) is 52.4 Å². The molecule has 36 heavy (non-hydrogen) atoms. The van der Waals surface area contributed by atoms with Gasteiger partial charge < -0.3 is 5.32 Å². The number of hydrogen-bond donors (Lipinski definition) is 1. The molecule has 0 unspecified atom stereocenters. The molecule has 1 aliphatic carbocycles. The van der Waals surface area contributed by atoms with Crippen LogP contribution in [0.4, 0.5) is 4.39 Å². The Morgan fingerprint density at radius 1 is 1.17 bits per heavy atom. The summed E-state index contributed by atoms with van der Waals surface area (Å²) in [7, 11) is 0. The lowest BCUT2D eigenvalue weighted by molar-refractivity contribution is 0.0938. The molecule has 0 saturated heterocycles. The van der Waals surface area contributed by atoms with Crippen molar-refractivity contribution in [1.82, 2.24) is 24.5 Å². The van der Waals surface area contributed by atoms with E-state index in [2.05, 4.69) is 29.4 Å². The van der Waals surface area contributed by atoms with Crippen molar-refractivity contribution in [3.05, 3.63) is 69.8 Å². The van der Waals surface area contributed by atoms with Gasteiger partial charge in [0, 0.05) is 23.9 Å². The van der Waals surface area contributed by atoms with Crippen molar-refractivity contribution in [2.75, 3.05) is 0 Å². The molecule has 0 atom stereocenters. The largest absolute Gasteiger partial charge is 0.349 e. The van der Waals surface area contributed by atoms with Gasteiger partial charge in [0.25, 0.3) is 11.5 Å². The Hall–Kier alpha value is -3.20. The Morgan fingerprint density at radius 2 is 1.94 bits per heavy atom. The number of carbonyl (C=O) groups excluding carboxylic acids is 1. The van der Waals surface area contributed by atoms with Crippen molar-refractivity contribution in [3.63, 3.8) is 0 Å². The van der Waals surface area contributed by atoms with Gasteiger partial charge in [-0.05, 0) is 55.0 Å². The van der Waals surface area contributed by atoms with Gasteiger partial charge in [-0.1, -0.05) is 56.7 Å². The molecule has 9 heteroatoms. The van der Waals surface area contributed by atoms with Crippen LogP contribution in [0.25, 0.3) is 16.7 Å². The van der Waals surface area contributed by atoms with Crippen LogP contribution in [0.1, 0.15) is 61.9 Å². The topological polar surface area (TPSA) is 81.3 Å². The molecule has 2 aromatic heterocycles. The highest BCUT2D eigenvalue weighted by Crippen LogP contribution is 2.27. The third-order valence-corrected chi connectivity index (χ3v) is 7.75. The highest BCUT2D eigenvalue weighted by molar-refractivity contribution is 7.98. The Kier molecular flexibility index (Phi) is 7.09. The van der Waals surface area contributed by atoms with Crippen LogP contribution in [0.2, 0.25) is 0 Å². The number of benzene rings is 2. The number of thioether (sulfide) groups is 1. The zero-order valence-electron chi connectivity index (χ0n) is 20.5. The lowest BCUT2D eigenvalue weighted by Gasteiger charge is -2.15. The van der Waals surface area contributed by atoms with Gasteiger partial charge in [0.2, 0.25) is 5.78 Å². The van der Waals surface area contributed by atoms with Gasteiger partial charge in [-0.25, -0.2) is 4.39 Å². The van der Waals surface area contributed by atoms with Gasteiger partial charge in [-0.2, -0.15) is 0 Å². The summed E-state index contributed by atoms with van der Waals surface area (Å²) >= 11 is 1.35. The van der Waals surface area contributed by atoms with E-state index in [1.165, 1.54) is 17.8 Å². The fourth-order valence-electron chi connectivity index (χ4n) is 4.70. The van der Waals surface area contributed by atoms with Crippen LogP contribution in [0.5, 0.6) is 0 Å². The maximum absolute atomic E-state index is 14.2. The zero-order chi connectivity index (χ0) is 25.2. The van der Waals surface area contributed by atoms with Crippen LogP contribution >= 0.6 is 11.8 Å². The summed E-state index contributed by atoms with van der Waals surface area (Å²) in [6.45, 7) is 4.73. The number of aryl methyl sites for hydroxylation is 1. The average Bonchev–Trinajstić information content (AvgIpc) is 3.53. The number of nitrogens with one attached hydrogen (secondary N) is 1. The number of aromatic nitrogens is 4. The number of fused-ring (bicyclic) bond motifs is 3. The first-order valence-electron chi connectivity index (χ1n) is 12.5. The molecule has 188 valence electrons. The quantitative estimate of drug-likeness (QED) is 0.332. The molecule has 1 fully saturated rings. The molecular formula is C27H30FN5O2S. The molecule has 5 rings (SSSR count). The summed E-state index contributed by atoms with van der Waals surface area (Å²) in [4.78, 5) is 26.5. The van der Waals surface area contributed by atoms with E-state index in [0.29, 0.717) is 51.2 Å². The first-order valence-corrected chi connectivity index (χ1v) is 13.5. The molecule has 0 aliphatic heterocycles. The maximum Gasteiger partial charge on any atom is 0.262 e. The molecule has 2 aromatic carbocycles. The average molecular weight is 508 g/mol. The van der Waals surface area contributed by atoms with Gasteiger partial charge in [-0.3, -0.25) is 18.6 Å². The minimum absolute atomic E-state index is 0.144. The molecule has 1 amide bonds. The number of rotatable bonds is 8. The van der Waals surface area contributed by atoms with Gasteiger partial charge in [0.15, 0.2) is 5.16 Å². The third kappa shape index (κ3) is 4.89. The van der Waals surface area contributed by atoms with Crippen LogP contribution in [0, 0.1) is 11.7 Å². The van der Waals surface area contributed by atoms with Crippen molar-refractivity contribution in [1.29, 1.82) is 0 Å². The van der Waals surface area contributed by atoms with E-state index in [0.717, 1.165) is 32.1 Å². The Balaban J connectivity index is 1.60. The van der Waals surface area contributed by atoms with Crippen LogP contribution in [0.3, 0.4) is 0 Å². The first-order chi connectivity index (χ1) is 17.4. The highest BCUT2D eigenvalue weighted by atomic mass is 32.2. The summed E-state index contributed by atoms with van der Waals surface area (Å²) in [6, 6.07) is 12.0. The normalized spacial score (nSPS) is 14.3. The van der Waals surface area contributed by atoms with E-state index in [1.807, 2.05) is 4.40 Å². The van der Waals surface area contributed by atoms with Crippen molar-refractivity contribution in [2.24, 2.45) is 5.92 Å². The van der Waals surface area contributed by atoms with Crippen molar-refractivity contribution < 1.29 is 9.18 Å². The molecule has 7 nitrogen and oxygen atoms in total. The highest BCUT2D eigenvalue weighted by Gasteiger charge is 2.21. The van der Waals surface area contributed by atoms with Gasteiger partial charge in [-0.15, -0.1) is 10.2 Å². The van der Waals surface area contributed by atoms with Crippen LogP contribution < -0.4 is 10.9 Å². The smallest absolute Gasteiger partial charge is 0.262 e. The first kappa shape index (κ1) is 24.5. The van der Waals surface area contributed by atoms with Crippen molar-refractivity contribution >= 4 is 34.3 Å². The fraction of sp³-hybridized carbons (Fsp3) is 0.407. The van der Waals surface area contributed by atoms with E-state index in [9.17, 15) is 14.0 Å². The molecule has 4 aromatic rings. The molecule has 0 radical (unpaired) electrons. The maximum atomic E-state index is 14.2. The second kappa shape index (κ2) is 10.4. The number of carbonyl (C=O) groups is 1. The van der Waals surface area contributed by atoms with Gasteiger partial charge >= 0.3 is 0 Å². The second-order valence-corrected chi connectivity index (χ2v) is 10.8. The van der Waals surface area contributed by atoms with Gasteiger partial charge in [0.05, 0.1) is 10.9 Å². The molecule has 1 aliphatic rings. The predicted octanol–water partition coefficient (Wildman–Crippen LogP) is 5.19. The van der Waals surface area contributed by atoms with Crippen LogP contribution in [-0.4, -0.2) is 31.1 Å². The van der Waals surface area contributed by atoms with E-state index < -0.39 is 0 Å². The number of nitrogens with zero attached hydrogens (tertiary/aromatic N) is 4. The minimum atomic E-state index is -0.275. The Labute approximate surface area is 213 Å². The fourth-order valence-corrected chi connectivity index (χ4v) is 5.63. The molecule has 2 heterocycles. The monoisotopic (exact) mass is 507 g/mol. The SMILES string of the molecule is CC(C)CCn1c(=O)c2ccc(C(=O)NC3CCCC3)cc2n2c(SCc3ccccc3F)nnc12. The summed E-state index contributed by atoms with van der Waals surface area (Å²) in [5.74, 6) is 0.782. The molecular weight excluding hydrogens is 477 g/mol. The minimum Gasteiger partial charge on any atom is -0.349 e. The second-order valence-electron chi connectivity index (χ2n) is 9.82. The Bertz CT molecular complexity index is 1470. The van der Waals surface area contributed by atoms with Crippen LogP contribution in [-0.2, 0) is 12.3 Å². The molecule has 1 saturated carbocycles. The summed E-state index contributed by atoms with van der Waals surface area (Å²) < 4.78 is 17.7. The molecule has 1 N–H and O–H groups in total. The number of hydrogen-bond acceptors (Lipinski definition) is 5. The van der Waals surface area contributed by atoms with Crippen molar-refractivity contribution in [2.45, 2.75) is 69.4 Å². The van der Waals surface area contributed by atoms with E-state index in [-0.39, 0.29) is 23.3 Å². The summed E-state index contributed by atoms with van der Waals surface area (Å²) in [5.41, 5.74) is 1.48. The summed E-state index contributed by atoms with van der Waals surface area (Å²) in [6.07, 6.45) is 5.05. The standard InChI is InChI=1S/C27H30FN5O2S/c1-17(2)13-14-32-25(35)21-12-11-18(24(34)29-20-8-4-5-9-20)15-23(21)33-26(32)30-31-27(33)36-16-19-7-3-6-10-22(19)28/h3,6-7,10-12,15,17,20H,4-5,8-9,13-14,16H2,1-2H3,(H,29,34). The Morgan fingerprint density at radius 3 is 2.69 bits per heavy atom. The number of amides is 1. The van der Waals surface area contributed by atoms with Crippen molar-refractivity contribution in [3.8, 4) is 0 Å². The lowest BCUT2D eigenvalue weighted by Crippen LogP contribution is -2.32. The van der Waals surface area contributed by atoms with E-state index >= 15 is 0 Å². The molecule has 0 bridgehead atoms. The lowest BCUT2D eigenvalue weighted by atomic mass is 10.1.